The molecule has 0 aromatic carbocycles. The van der Waals surface area contributed by atoms with Crippen molar-refractivity contribution in [1.29, 1.82) is 0 Å². The van der Waals surface area contributed by atoms with E-state index in [9.17, 15) is 14.0 Å². The molecule has 2 amide bonds. The summed E-state index contributed by atoms with van der Waals surface area (Å²) in [6.45, 7) is 7.94. The summed E-state index contributed by atoms with van der Waals surface area (Å²) < 4.78 is 19.5. The Hall–Kier alpha value is -3.34. The van der Waals surface area contributed by atoms with Crippen LogP contribution < -0.4 is 10.6 Å². The van der Waals surface area contributed by atoms with E-state index in [1.165, 1.54) is 17.4 Å². The number of nitrogens with zero attached hydrogens (tertiary/aromatic N) is 4. The van der Waals surface area contributed by atoms with Crippen molar-refractivity contribution in [2.45, 2.75) is 45.4 Å². The first kappa shape index (κ1) is 22.8. The Kier molecular flexibility index (Phi) is 6.15. The lowest BCUT2D eigenvalue weighted by Gasteiger charge is -2.39. The predicted molar refractivity (Wildman–Crippen MR) is 123 cm³/mol. The lowest BCUT2D eigenvalue weighted by atomic mass is 10.1. The van der Waals surface area contributed by atoms with Crippen LogP contribution in [0, 0.1) is 5.82 Å². The summed E-state index contributed by atoms with van der Waals surface area (Å²) in [5, 5.41) is 7.74. The Morgan fingerprint density at radius 3 is 2.73 bits per heavy atom. The molecule has 4 rings (SSSR count). The minimum atomic E-state index is -0.586. The Bertz CT molecular complexity index is 1190. The number of carbonyl (C=O) groups is 2. The summed E-state index contributed by atoms with van der Waals surface area (Å²) in [7, 11) is 0. The molecular formula is C22H25FN6O3S. The SMILES string of the molecule is C[C@H](Nc1nc(C(=O)N2CC(NC(=O)OC(C)(C)C)C2)c2sccc2n1)c1cncc(F)c1. The van der Waals surface area contributed by atoms with E-state index in [1.807, 2.05) is 18.4 Å². The molecule has 1 aliphatic heterocycles. The van der Waals surface area contributed by atoms with Crippen LogP contribution in [-0.4, -0.2) is 56.6 Å². The second kappa shape index (κ2) is 8.89. The van der Waals surface area contributed by atoms with Gasteiger partial charge in [0.2, 0.25) is 5.95 Å². The second-order valence-corrected chi connectivity index (χ2v) is 9.80. The van der Waals surface area contributed by atoms with Crippen molar-refractivity contribution in [2.24, 2.45) is 0 Å². The molecule has 9 nitrogen and oxygen atoms in total. The second-order valence-electron chi connectivity index (χ2n) is 8.89. The van der Waals surface area contributed by atoms with Crippen LogP contribution in [0.4, 0.5) is 15.1 Å². The van der Waals surface area contributed by atoms with Gasteiger partial charge in [0, 0.05) is 19.3 Å². The number of likely N-dealkylation sites (tertiary alicyclic amines) is 1. The van der Waals surface area contributed by atoms with Crippen molar-refractivity contribution in [3.05, 3.63) is 47.0 Å². The van der Waals surface area contributed by atoms with Crippen LogP contribution in [0.25, 0.3) is 10.2 Å². The van der Waals surface area contributed by atoms with Crippen LogP contribution in [0.3, 0.4) is 0 Å². The number of amides is 2. The number of carbonyl (C=O) groups excluding carboxylic acids is 2. The Morgan fingerprint density at radius 2 is 2.03 bits per heavy atom. The number of nitrogens with one attached hydrogen (secondary N) is 2. The predicted octanol–water partition coefficient (Wildman–Crippen LogP) is 3.75. The Labute approximate surface area is 194 Å². The molecule has 0 unspecified atom stereocenters. The van der Waals surface area contributed by atoms with Gasteiger partial charge < -0.3 is 20.3 Å². The number of ether oxygens (including phenoxy) is 1. The number of hydrogen-bond donors (Lipinski definition) is 2. The molecule has 3 aromatic rings. The van der Waals surface area contributed by atoms with Crippen LogP contribution in [0.15, 0.2) is 29.9 Å². The van der Waals surface area contributed by atoms with E-state index in [1.54, 1.807) is 31.9 Å². The van der Waals surface area contributed by atoms with E-state index in [4.69, 9.17) is 4.74 Å². The maximum Gasteiger partial charge on any atom is 0.407 e. The van der Waals surface area contributed by atoms with E-state index in [0.29, 0.717) is 28.9 Å². The molecule has 1 atom stereocenters. The topological polar surface area (TPSA) is 109 Å². The number of halogens is 1. The third-order valence-corrected chi connectivity index (χ3v) is 5.88. The maximum absolute atomic E-state index is 13.5. The van der Waals surface area contributed by atoms with Gasteiger partial charge in [0.05, 0.1) is 28.5 Å². The number of thiophene rings is 1. The lowest BCUT2D eigenvalue weighted by Crippen LogP contribution is -2.61. The van der Waals surface area contributed by atoms with Crippen molar-refractivity contribution < 1.29 is 18.7 Å². The van der Waals surface area contributed by atoms with Crippen molar-refractivity contribution in [3.63, 3.8) is 0 Å². The summed E-state index contributed by atoms with van der Waals surface area (Å²) in [5.41, 5.74) is 0.986. The van der Waals surface area contributed by atoms with Crippen molar-refractivity contribution in [1.82, 2.24) is 25.2 Å². The lowest BCUT2D eigenvalue weighted by molar-refractivity contribution is 0.0358. The van der Waals surface area contributed by atoms with E-state index in [-0.39, 0.29) is 29.6 Å². The average molecular weight is 473 g/mol. The fourth-order valence-electron chi connectivity index (χ4n) is 3.37. The smallest absolute Gasteiger partial charge is 0.407 e. The molecule has 1 fully saturated rings. The molecule has 3 aromatic heterocycles. The first-order valence-electron chi connectivity index (χ1n) is 10.5. The van der Waals surface area contributed by atoms with Crippen molar-refractivity contribution >= 4 is 39.5 Å². The highest BCUT2D eigenvalue weighted by Gasteiger charge is 2.35. The number of anilines is 1. The molecule has 33 heavy (non-hydrogen) atoms. The van der Waals surface area contributed by atoms with Gasteiger partial charge in [-0.3, -0.25) is 9.78 Å². The third kappa shape index (κ3) is 5.36. The fourth-order valence-corrected chi connectivity index (χ4v) is 4.19. The normalized spacial score (nSPS) is 15.1. The van der Waals surface area contributed by atoms with Gasteiger partial charge >= 0.3 is 6.09 Å². The van der Waals surface area contributed by atoms with Gasteiger partial charge in [-0.2, -0.15) is 0 Å². The molecule has 0 saturated carbocycles. The van der Waals surface area contributed by atoms with Gasteiger partial charge in [-0.25, -0.2) is 19.2 Å². The van der Waals surface area contributed by atoms with E-state index < -0.39 is 17.5 Å². The highest BCUT2D eigenvalue weighted by atomic mass is 32.1. The fraction of sp³-hybridized carbons (Fsp3) is 0.409. The molecule has 0 bridgehead atoms. The van der Waals surface area contributed by atoms with Crippen molar-refractivity contribution in [2.75, 3.05) is 18.4 Å². The number of fused-ring (bicyclic) bond motifs is 1. The average Bonchev–Trinajstić information content (AvgIpc) is 3.16. The summed E-state index contributed by atoms with van der Waals surface area (Å²) in [5.74, 6) is -0.404. The number of alkyl carbamates (subject to hydrolysis) is 1. The van der Waals surface area contributed by atoms with Crippen LogP contribution in [0.1, 0.15) is 49.8 Å². The summed E-state index contributed by atoms with van der Waals surface area (Å²) in [6.07, 6.45) is 2.20. The first-order chi connectivity index (χ1) is 15.6. The monoisotopic (exact) mass is 472 g/mol. The zero-order valence-electron chi connectivity index (χ0n) is 18.8. The van der Waals surface area contributed by atoms with Gasteiger partial charge in [-0.1, -0.05) is 0 Å². The third-order valence-electron chi connectivity index (χ3n) is 4.97. The summed E-state index contributed by atoms with van der Waals surface area (Å²) in [4.78, 5) is 39.5. The van der Waals surface area contributed by atoms with Crippen LogP contribution in [0.2, 0.25) is 0 Å². The molecule has 0 radical (unpaired) electrons. The molecule has 174 valence electrons. The maximum atomic E-state index is 13.5. The van der Waals surface area contributed by atoms with Crippen LogP contribution >= 0.6 is 11.3 Å². The van der Waals surface area contributed by atoms with Crippen molar-refractivity contribution in [3.8, 4) is 0 Å². The van der Waals surface area contributed by atoms with Gasteiger partial charge in [-0.05, 0) is 50.8 Å². The Morgan fingerprint density at radius 1 is 1.27 bits per heavy atom. The molecule has 2 N–H and O–H groups in total. The molecular weight excluding hydrogens is 447 g/mol. The highest BCUT2D eigenvalue weighted by molar-refractivity contribution is 7.17. The molecule has 0 spiro atoms. The summed E-state index contributed by atoms with van der Waals surface area (Å²) >= 11 is 1.39. The van der Waals surface area contributed by atoms with E-state index in [2.05, 4.69) is 25.6 Å². The summed E-state index contributed by atoms with van der Waals surface area (Å²) in [6, 6.07) is 2.71. The number of aromatic nitrogens is 3. The van der Waals surface area contributed by atoms with E-state index in [0.717, 1.165) is 6.20 Å². The Balaban J connectivity index is 1.46. The zero-order chi connectivity index (χ0) is 23.8. The van der Waals surface area contributed by atoms with Gasteiger partial charge in [0.15, 0.2) is 5.69 Å². The molecule has 4 heterocycles. The minimum Gasteiger partial charge on any atom is -0.444 e. The molecule has 1 aliphatic rings. The van der Waals surface area contributed by atoms with Gasteiger partial charge in [0.25, 0.3) is 5.91 Å². The number of rotatable bonds is 5. The van der Waals surface area contributed by atoms with Crippen LogP contribution in [-0.2, 0) is 4.74 Å². The molecule has 0 aliphatic carbocycles. The number of hydrogen-bond acceptors (Lipinski definition) is 8. The highest BCUT2D eigenvalue weighted by Crippen LogP contribution is 2.27. The largest absolute Gasteiger partial charge is 0.444 e. The minimum absolute atomic E-state index is 0.178. The quantitative estimate of drug-likeness (QED) is 0.582. The standard InChI is InChI=1S/C22H25FN6O3S/c1-12(13-7-14(23)9-24-8-13)25-20-27-16-5-6-33-18(16)17(28-20)19(30)29-10-15(11-29)26-21(31)32-22(2,3)4/h5-9,12,15H,10-11H2,1-4H3,(H,26,31)(H,25,27,28)/t12-/m0/s1. The molecule has 11 heteroatoms. The number of pyridine rings is 1. The van der Waals surface area contributed by atoms with Gasteiger partial charge in [-0.15, -0.1) is 11.3 Å². The van der Waals surface area contributed by atoms with Gasteiger partial charge in [0.1, 0.15) is 11.4 Å². The zero-order valence-corrected chi connectivity index (χ0v) is 19.6. The first-order valence-corrected chi connectivity index (χ1v) is 11.4. The van der Waals surface area contributed by atoms with E-state index >= 15 is 0 Å². The van der Waals surface area contributed by atoms with Crippen LogP contribution in [0.5, 0.6) is 0 Å². The molecule has 1 saturated heterocycles.